The molecule has 0 saturated carbocycles. The first kappa shape index (κ1) is 15.8. The van der Waals surface area contributed by atoms with Crippen molar-refractivity contribution in [3.63, 3.8) is 0 Å². The highest BCUT2D eigenvalue weighted by Gasteiger charge is 2.28. The Morgan fingerprint density at radius 2 is 2.16 bits per heavy atom. The van der Waals surface area contributed by atoms with Gasteiger partial charge in [0.25, 0.3) is 0 Å². The number of amidine groups is 1. The van der Waals surface area contributed by atoms with Gasteiger partial charge in [0.2, 0.25) is 5.91 Å². The van der Waals surface area contributed by atoms with Crippen LogP contribution in [0.4, 0.5) is 0 Å². The summed E-state index contributed by atoms with van der Waals surface area (Å²) < 4.78 is 0. The van der Waals surface area contributed by atoms with Crippen LogP contribution in [0.25, 0.3) is 0 Å². The summed E-state index contributed by atoms with van der Waals surface area (Å²) in [7, 11) is 0. The van der Waals surface area contributed by atoms with Crippen LogP contribution >= 0.6 is 0 Å². The zero-order chi connectivity index (χ0) is 17.4. The maximum atomic E-state index is 12.4. The van der Waals surface area contributed by atoms with Gasteiger partial charge >= 0.3 is 0 Å². The summed E-state index contributed by atoms with van der Waals surface area (Å²) in [5.41, 5.74) is 5.33. The number of aromatic nitrogens is 1. The van der Waals surface area contributed by atoms with Gasteiger partial charge in [0.15, 0.2) is 0 Å². The second-order valence-electron chi connectivity index (χ2n) is 6.89. The number of benzene rings is 1. The van der Waals surface area contributed by atoms with Gasteiger partial charge in [0, 0.05) is 18.0 Å². The van der Waals surface area contributed by atoms with Crippen LogP contribution in [0.5, 0.6) is 0 Å². The van der Waals surface area contributed by atoms with Crippen LogP contribution in [0.3, 0.4) is 0 Å². The van der Waals surface area contributed by atoms with E-state index in [1.807, 2.05) is 43.3 Å². The van der Waals surface area contributed by atoms with Gasteiger partial charge in [-0.15, -0.1) is 0 Å². The molecule has 2 N–H and O–H groups in total. The Balaban J connectivity index is 1.49. The van der Waals surface area contributed by atoms with E-state index in [-0.39, 0.29) is 11.9 Å². The number of rotatable bonds is 4. The van der Waals surface area contributed by atoms with Crippen molar-refractivity contribution in [3.8, 4) is 0 Å². The van der Waals surface area contributed by atoms with Crippen LogP contribution in [0.2, 0.25) is 0 Å². The van der Waals surface area contributed by atoms with Crippen molar-refractivity contribution in [3.05, 3.63) is 64.5 Å². The Morgan fingerprint density at radius 3 is 2.96 bits per heavy atom. The minimum Gasteiger partial charge on any atom is -0.367 e. The molecule has 5 heteroatoms. The lowest BCUT2D eigenvalue weighted by atomic mass is 9.97. The summed E-state index contributed by atoms with van der Waals surface area (Å²) in [6, 6.07) is 12.3. The molecule has 1 amide bonds. The molecule has 0 aliphatic carbocycles. The molecular formula is C20H22N4O. The van der Waals surface area contributed by atoms with Crippen molar-refractivity contribution in [2.45, 2.75) is 45.3 Å². The number of hydrogen-bond donors (Lipinski definition) is 2. The molecule has 2 aliphatic heterocycles. The van der Waals surface area contributed by atoms with Crippen LogP contribution in [-0.4, -0.2) is 22.8 Å². The van der Waals surface area contributed by atoms with Crippen molar-refractivity contribution < 1.29 is 4.79 Å². The zero-order valence-corrected chi connectivity index (χ0v) is 14.5. The molecule has 5 nitrogen and oxygen atoms in total. The van der Waals surface area contributed by atoms with Gasteiger partial charge in [0.1, 0.15) is 5.84 Å². The predicted molar refractivity (Wildman–Crippen MR) is 97.5 cm³/mol. The predicted octanol–water partition coefficient (Wildman–Crippen LogP) is 2.30. The quantitative estimate of drug-likeness (QED) is 0.901. The summed E-state index contributed by atoms with van der Waals surface area (Å²) in [6.07, 6.45) is 1.17. The van der Waals surface area contributed by atoms with Crippen molar-refractivity contribution >= 4 is 11.7 Å². The van der Waals surface area contributed by atoms with Gasteiger partial charge in [-0.1, -0.05) is 30.3 Å². The maximum Gasteiger partial charge on any atom is 0.226 e. The number of nitrogens with zero attached hydrogens (tertiary/aromatic N) is 2. The maximum absolute atomic E-state index is 12.4. The van der Waals surface area contributed by atoms with E-state index in [9.17, 15) is 4.79 Å². The first-order valence-electron chi connectivity index (χ1n) is 8.77. The lowest BCUT2D eigenvalue weighted by Gasteiger charge is -2.24. The van der Waals surface area contributed by atoms with E-state index in [1.165, 1.54) is 5.56 Å². The normalized spacial score (nSPS) is 18.8. The Bertz CT molecular complexity index is 844. The summed E-state index contributed by atoms with van der Waals surface area (Å²) in [5.74, 6) is 0.960. The van der Waals surface area contributed by atoms with Crippen LogP contribution in [-0.2, 0) is 24.2 Å². The van der Waals surface area contributed by atoms with Crippen LogP contribution in [0.15, 0.2) is 41.4 Å². The van der Waals surface area contributed by atoms with Gasteiger partial charge < -0.3 is 10.6 Å². The molecule has 1 aromatic heterocycles. The fourth-order valence-corrected chi connectivity index (χ4v) is 3.59. The van der Waals surface area contributed by atoms with Crippen LogP contribution < -0.4 is 10.6 Å². The second kappa shape index (κ2) is 6.31. The minimum atomic E-state index is -0.0133. The van der Waals surface area contributed by atoms with E-state index in [1.54, 1.807) is 0 Å². The molecule has 0 saturated heterocycles. The smallest absolute Gasteiger partial charge is 0.226 e. The van der Waals surface area contributed by atoms with Gasteiger partial charge in [0.05, 0.1) is 30.4 Å². The molecule has 0 fully saturated rings. The number of carbonyl (C=O) groups is 1. The summed E-state index contributed by atoms with van der Waals surface area (Å²) in [4.78, 5) is 21.8. The van der Waals surface area contributed by atoms with Gasteiger partial charge in [-0.25, -0.2) is 0 Å². The zero-order valence-electron chi connectivity index (χ0n) is 14.5. The van der Waals surface area contributed by atoms with Crippen molar-refractivity contribution in [1.82, 2.24) is 15.6 Å². The highest BCUT2D eigenvalue weighted by molar-refractivity contribution is 6.04. The molecule has 0 unspecified atom stereocenters. The largest absolute Gasteiger partial charge is 0.367 e. The molecule has 128 valence electrons. The molecular weight excluding hydrogens is 312 g/mol. The van der Waals surface area contributed by atoms with Crippen molar-refractivity contribution in [1.29, 1.82) is 0 Å². The Morgan fingerprint density at radius 1 is 1.36 bits per heavy atom. The highest BCUT2D eigenvalue weighted by atomic mass is 16.1. The number of aliphatic imine (C=N–C) groups is 1. The molecule has 2 atom stereocenters. The standard InChI is InChI=1S/C20H22N4O/c1-12-8-17-19-15(11-21-20(19)22-12)9-16(24-17)10-18(25)23-13(2)14-6-4-3-5-7-14/h3-7,9,12-13H,8,10-11H2,1-2H3,(H,21,22)(H,23,25)/t12-,13+/m0/s1. The molecule has 2 aromatic rings. The van der Waals surface area contributed by atoms with E-state index in [2.05, 4.69) is 22.5 Å². The first-order valence-corrected chi connectivity index (χ1v) is 8.77. The lowest BCUT2D eigenvalue weighted by molar-refractivity contribution is -0.121. The SMILES string of the molecule is C[C@H]1Cc2nc(CC(=O)N[C@H](C)c3ccccc3)cc3c2C(=NC3)N1. The van der Waals surface area contributed by atoms with E-state index >= 15 is 0 Å². The van der Waals surface area contributed by atoms with Gasteiger partial charge in [-0.3, -0.25) is 14.8 Å². The number of carbonyl (C=O) groups excluding carboxylic acids is 1. The topological polar surface area (TPSA) is 66.4 Å². The van der Waals surface area contributed by atoms with Crippen LogP contribution in [0, 0.1) is 0 Å². The van der Waals surface area contributed by atoms with E-state index < -0.39 is 0 Å². The summed E-state index contributed by atoms with van der Waals surface area (Å²) >= 11 is 0. The first-order chi connectivity index (χ1) is 12.1. The van der Waals surface area contributed by atoms with Gasteiger partial charge in [-0.05, 0) is 31.0 Å². The number of nitrogens with one attached hydrogen (secondary N) is 2. The Kier molecular flexibility index (Phi) is 3.99. The van der Waals surface area contributed by atoms with Crippen molar-refractivity contribution in [2.75, 3.05) is 0 Å². The fourth-order valence-electron chi connectivity index (χ4n) is 3.59. The molecule has 0 bridgehead atoms. The molecule has 0 spiro atoms. The Hall–Kier alpha value is -2.69. The minimum absolute atomic E-state index is 0.00266. The molecule has 0 radical (unpaired) electrons. The average Bonchev–Trinajstić information content (AvgIpc) is 2.99. The fraction of sp³-hybridized carbons (Fsp3) is 0.350. The third kappa shape index (κ3) is 3.14. The third-order valence-electron chi connectivity index (χ3n) is 4.77. The van der Waals surface area contributed by atoms with Gasteiger partial charge in [-0.2, -0.15) is 0 Å². The monoisotopic (exact) mass is 334 g/mol. The molecule has 25 heavy (non-hydrogen) atoms. The van der Waals surface area contributed by atoms with E-state index in [4.69, 9.17) is 4.98 Å². The summed E-state index contributed by atoms with van der Waals surface area (Å²) in [6.45, 7) is 4.81. The Labute approximate surface area is 147 Å². The number of pyridine rings is 1. The van der Waals surface area contributed by atoms with E-state index in [0.717, 1.165) is 34.8 Å². The molecule has 2 aliphatic rings. The molecule has 4 rings (SSSR count). The van der Waals surface area contributed by atoms with Crippen LogP contribution in [0.1, 0.15) is 48.0 Å². The highest BCUT2D eigenvalue weighted by Crippen LogP contribution is 2.26. The summed E-state index contributed by atoms with van der Waals surface area (Å²) in [5, 5.41) is 6.47. The third-order valence-corrected chi connectivity index (χ3v) is 4.77. The molecule has 3 heterocycles. The average molecular weight is 334 g/mol. The number of hydrogen-bond acceptors (Lipinski definition) is 4. The van der Waals surface area contributed by atoms with E-state index in [0.29, 0.717) is 19.0 Å². The lowest BCUT2D eigenvalue weighted by Crippen LogP contribution is -2.40. The number of amides is 1. The second-order valence-corrected chi connectivity index (χ2v) is 6.89. The molecule has 1 aromatic carbocycles. The van der Waals surface area contributed by atoms with Crippen molar-refractivity contribution in [2.24, 2.45) is 4.99 Å².